The monoisotopic (exact) mass is 313 g/mol. The third kappa shape index (κ3) is 2.64. The zero-order valence-corrected chi connectivity index (χ0v) is 14.2. The van der Waals surface area contributed by atoms with Gasteiger partial charge in [-0.25, -0.2) is 0 Å². The average molecular weight is 313 g/mol. The Morgan fingerprint density at radius 2 is 1.86 bits per heavy atom. The van der Waals surface area contributed by atoms with Crippen LogP contribution in [0.25, 0.3) is 20.3 Å². The number of thiophene rings is 1. The second-order valence-electron chi connectivity index (χ2n) is 6.60. The van der Waals surface area contributed by atoms with Crippen LogP contribution in [0.5, 0.6) is 0 Å². The van der Waals surface area contributed by atoms with E-state index in [4.69, 9.17) is 4.65 Å². The van der Waals surface area contributed by atoms with Crippen molar-refractivity contribution in [2.24, 2.45) is 0 Å². The number of pyridine rings is 1. The molecule has 0 saturated carbocycles. The molecule has 114 valence electrons. The Balaban J connectivity index is 1.98. The minimum absolute atomic E-state index is 0.461. The summed E-state index contributed by atoms with van der Waals surface area (Å²) in [6.07, 6.45) is 1.83. The normalized spacial score (nSPS) is 13.0. The molecule has 0 atom stereocenters. The third-order valence-corrected chi connectivity index (χ3v) is 5.64. The van der Waals surface area contributed by atoms with Crippen molar-refractivity contribution in [1.82, 2.24) is 4.98 Å². The summed E-state index contributed by atoms with van der Waals surface area (Å²) < 4.78 is 8.41. The van der Waals surface area contributed by atoms with Crippen LogP contribution in [-0.4, -0.2) is 28.8 Å². The SMILES string of the molecule is CC(C)(O)C(C)(C)OBc1ccnc2c1sc1ccccc12. The second-order valence-corrected chi connectivity index (χ2v) is 7.66. The zero-order valence-electron chi connectivity index (χ0n) is 13.4. The molecule has 0 aliphatic rings. The van der Waals surface area contributed by atoms with Crippen molar-refractivity contribution in [3.05, 3.63) is 36.5 Å². The molecule has 2 aromatic heterocycles. The molecule has 0 radical (unpaired) electrons. The highest BCUT2D eigenvalue weighted by molar-refractivity contribution is 7.26. The topological polar surface area (TPSA) is 42.4 Å². The van der Waals surface area contributed by atoms with E-state index in [0.29, 0.717) is 7.48 Å². The molecule has 0 aliphatic carbocycles. The van der Waals surface area contributed by atoms with Gasteiger partial charge in [0.1, 0.15) is 0 Å². The largest absolute Gasteiger partial charge is 0.427 e. The third-order valence-electron chi connectivity index (χ3n) is 4.40. The average Bonchev–Trinajstić information content (AvgIpc) is 2.83. The molecule has 22 heavy (non-hydrogen) atoms. The molecule has 3 rings (SSSR count). The fourth-order valence-electron chi connectivity index (χ4n) is 2.20. The lowest BCUT2D eigenvalue weighted by atomic mass is 9.83. The van der Waals surface area contributed by atoms with Gasteiger partial charge in [0.25, 0.3) is 0 Å². The number of rotatable bonds is 4. The van der Waals surface area contributed by atoms with Crippen molar-refractivity contribution in [2.75, 3.05) is 0 Å². The lowest BCUT2D eigenvalue weighted by Gasteiger charge is -2.37. The number of aliphatic hydroxyl groups is 1. The highest BCUT2D eigenvalue weighted by Gasteiger charge is 2.35. The first-order valence-electron chi connectivity index (χ1n) is 7.41. The molecule has 0 saturated heterocycles. The number of aromatic nitrogens is 1. The minimum Gasteiger partial charge on any atom is -0.427 e. The molecule has 0 aliphatic heterocycles. The van der Waals surface area contributed by atoms with Crippen molar-refractivity contribution < 1.29 is 9.76 Å². The van der Waals surface area contributed by atoms with Gasteiger partial charge < -0.3 is 9.76 Å². The first kappa shape index (κ1) is 15.5. The van der Waals surface area contributed by atoms with E-state index in [1.807, 2.05) is 38.2 Å². The standard InChI is InChI=1S/C17H20BNO2S/c1-16(2,20)17(3,4)21-18-12-9-10-19-14-11-7-5-6-8-13(11)22-15(12)14/h5-10,18,20H,1-4H3. The quantitative estimate of drug-likeness (QED) is 0.753. The van der Waals surface area contributed by atoms with Crippen LogP contribution in [-0.2, 0) is 4.65 Å². The maximum absolute atomic E-state index is 10.2. The number of fused-ring (bicyclic) bond motifs is 3. The summed E-state index contributed by atoms with van der Waals surface area (Å²) >= 11 is 1.74. The van der Waals surface area contributed by atoms with E-state index in [1.165, 1.54) is 10.1 Å². The Labute approximate surface area is 135 Å². The summed E-state index contributed by atoms with van der Waals surface area (Å²) in [4.78, 5) is 4.53. The van der Waals surface area contributed by atoms with Gasteiger partial charge in [-0.2, -0.15) is 0 Å². The highest BCUT2D eigenvalue weighted by Crippen LogP contribution is 2.31. The van der Waals surface area contributed by atoms with Crippen LogP contribution >= 0.6 is 11.3 Å². The van der Waals surface area contributed by atoms with E-state index in [9.17, 15) is 5.11 Å². The van der Waals surface area contributed by atoms with Crippen molar-refractivity contribution in [3.8, 4) is 0 Å². The van der Waals surface area contributed by atoms with E-state index in [2.05, 4.69) is 17.1 Å². The molecule has 5 heteroatoms. The summed E-state index contributed by atoms with van der Waals surface area (Å²) in [5.41, 5.74) is 0.616. The van der Waals surface area contributed by atoms with Gasteiger partial charge in [0.05, 0.1) is 21.4 Å². The van der Waals surface area contributed by atoms with Gasteiger partial charge in [0.15, 0.2) is 0 Å². The molecule has 0 amide bonds. The van der Waals surface area contributed by atoms with Gasteiger partial charge >= 0.3 is 7.48 Å². The Kier molecular flexibility index (Phi) is 3.75. The molecule has 1 N–H and O–H groups in total. The first-order valence-corrected chi connectivity index (χ1v) is 8.23. The van der Waals surface area contributed by atoms with Crippen molar-refractivity contribution >= 4 is 44.6 Å². The molecular formula is C17H20BNO2S. The molecule has 1 aromatic carbocycles. The number of benzene rings is 1. The fraction of sp³-hybridized carbons (Fsp3) is 0.353. The van der Waals surface area contributed by atoms with Gasteiger partial charge in [0.2, 0.25) is 0 Å². The van der Waals surface area contributed by atoms with E-state index >= 15 is 0 Å². The molecular weight excluding hydrogens is 293 g/mol. The fourth-order valence-corrected chi connectivity index (χ4v) is 3.36. The smallest absolute Gasteiger partial charge is 0.311 e. The molecule has 2 heterocycles. The molecule has 0 unspecified atom stereocenters. The summed E-state index contributed by atoms with van der Waals surface area (Å²) in [5, 5.41) is 11.4. The summed E-state index contributed by atoms with van der Waals surface area (Å²) in [6, 6.07) is 10.3. The Morgan fingerprint density at radius 3 is 2.59 bits per heavy atom. The van der Waals surface area contributed by atoms with E-state index in [-0.39, 0.29) is 0 Å². The Morgan fingerprint density at radius 1 is 1.14 bits per heavy atom. The molecule has 0 bridgehead atoms. The van der Waals surface area contributed by atoms with E-state index in [0.717, 1.165) is 15.7 Å². The van der Waals surface area contributed by atoms with Crippen LogP contribution < -0.4 is 5.46 Å². The predicted octanol–water partition coefficient (Wildman–Crippen LogP) is 2.99. The van der Waals surface area contributed by atoms with Gasteiger partial charge in [-0.15, -0.1) is 11.3 Å². The number of hydrogen-bond acceptors (Lipinski definition) is 4. The van der Waals surface area contributed by atoms with Crippen LogP contribution in [0.3, 0.4) is 0 Å². The van der Waals surface area contributed by atoms with Crippen molar-refractivity contribution in [1.29, 1.82) is 0 Å². The van der Waals surface area contributed by atoms with Gasteiger partial charge in [-0.3, -0.25) is 4.98 Å². The maximum Gasteiger partial charge on any atom is 0.311 e. The Hall–Kier alpha value is -1.43. The van der Waals surface area contributed by atoms with E-state index < -0.39 is 11.2 Å². The van der Waals surface area contributed by atoms with Gasteiger partial charge in [0, 0.05) is 16.3 Å². The Bertz CT molecular complexity index is 820. The maximum atomic E-state index is 10.2. The summed E-state index contributed by atoms with van der Waals surface area (Å²) in [6.45, 7) is 7.37. The molecule has 0 spiro atoms. The summed E-state index contributed by atoms with van der Waals surface area (Å²) in [5.74, 6) is 0. The van der Waals surface area contributed by atoms with Crippen molar-refractivity contribution in [2.45, 2.75) is 38.9 Å². The zero-order chi connectivity index (χ0) is 16.0. The molecule has 3 aromatic rings. The van der Waals surface area contributed by atoms with Crippen LogP contribution in [0, 0.1) is 0 Å². The second kappa shape index (κ2) is 5.34. The predicted molar refractivity (Wildman–Crippen MR) is 95.4 cm³/mol. The lowest BCUT2D eigenvalue weighted by Crippen LogP contribution is -2.49. The lowest BCUT2D eigenvalue weighted by molar-refractivity contribution is -0.0893. The number of nitrogens with zero attached hydrogens (tertiary/aromatic N) is 1. The summed E-state index contributed by atoms with van der Waals surface area (Å²) in [7, 11) is 0.461. The van der Waals surface area contributed by atoms with Gasteiger partial charge in [-0.05, 0) is 45.3 Å². The first-order chi connectivity index (χ1) is 10.3. The minimum atomic E-state index is -0.903. The highest BCUT2D eigenvalue weighted by atomic mass is 32.1. The molecule has 3 nitrogen and oxygen atoms in total. The molecule has 0 fully saturated rings. The van der Waals surface area contributed by atoms with Crippen LogP contribution in [0.4, 0.5) is 0 Å². The number of hydrogen-bond donors (Lipinski definition) is 1. The van der Waals surface area contributed by atoms with Crippen LogP contribution in [0.1, 0.15) is 27.7 Å². The van der Waals surface area contributed by atoms with E-state index in [1.54, 1.807) is 25.2 Å². The van der Waals surface area contributed by atoms with Crippen molar-refractivity contribution in [3.63, 3.8) is 0 Å². The van der Waals surface area contributed by atoms with Crippen LogP contribution in [0.15, 0.2) is 36.5 Å². The van der Waals surface area contributed by atoms with Gasteiger partial charge in [-0.1, -0.05) is 18.2 Å². The van der Waals surface area contributed by atoms with Crippen LogP contribution in [0.2, 0.25) is 0 Å².